The van der Waals surface area contributed by atoms with Crippen LogP contribution in [-0.4, -0.2) is 33.1 Å². The first-order valence-electron chi connectivity index (χ1n) is 14.0. The number of carbonyl (C=O) groups excluding carboxylic acids is 2. The van der Waals surface area contributed by atoms with Crippen molar-refractivity contribution in [2.24, 2.45) is 5.73 Å². The highest BCUT2D eigenvalue weighted by Gasteiger charge is 2.46. The van der Waals surface area contributed by atoms with Gasteiger partial charge in [-0.05, 0) is 68.3 Å². The number of amides is 1. The summed E-state index contributed by atoms with van der Waals surface area (Å²) in [6.07, 6.45) is 4.11. The van der Waals surface area contributed by atoms with E-state index in [0.717, 1.165) is 41.3 Å². The molecule has 9 nitrogen and oxygen atoms in total. The Morgan fingerprint density at radius 2 is 2.05 bits per heavy atom. The molecular formula is C30H33FN4O5. The number of aromatic nitrogens is 2. The van der Waals surface area contributed by atoms with Gasteiger partial charge in [0.15, 0.2) is 5.60 Å². The van der Waals surface area contributed by atoms with Gasteiger partial charge in [-0.1, -0.05) is 13.3 Å². The first-order valence-corrected chi connectivity index (χ1v) is 14.0. The van der Waals surface area contributed by atoms with Crippen molar-refractivity contribution in [2.75, 3.05) is 6.54 Å². The lowest BCUT2D eigenvalue weighted by Gasteiger charge is -2.31. The van der Waals surface area contributed by atoms with Gasteiger partial charge in [-0.15, -0.1) is 0 Å². The average molecular weight is 549 g/mol. The van der Waals surface area contributed by atoms with Gasteiger partial charge in [0.05, 0.1) is 35.1 Å². The molecule has 2 aromatic heterocycles. The predicted octanol–water partition coefficient (Wildman–Crippen LogP) is 3.15. The third-order valence-corrected chi connectivity index (χ3v) is 8.82. The first kappa shape index (κ1) is 26.6. The lowest BCUT2D eigenvalue weighted by molar-refractivity contribution is -0.172. The Morgan fingerprint density at radius 3 is 2.80 bits per heavy atom. The summed E-state index contributed by atoms with van der Waals surface area (Å²) in [7, 11) is 0. The van der Waals surface area contributed by atoms with E-state index in [1.807, 2.05) is 0 Å². The highest BCUT2D eigenvalue weighted by Crippen LogP contribution is 2.45. The molecule has 0 fully saturated rings. The van der Waals surface area contributed by atoms with E-state index in [9.17, 15) is 19.5 Å². The van der Waals surface area contributed by atoms with Crippen molar-refractivity contribution in [2.45, 2.75) is 83.6 Å². The SMILES string of the molecule is CC[C@@]1(O)C(=O)OCc2c1cc1n(c2=O)Cc2c-1nc1cc(F)c(C)c3c1c2[C@@H](NC(=O)CCCCCN)CC3. The molecule has 0 bridgehead atoms. The Kier molecular flexibility index (Phi) is 6.50. The maximum absolute atomic E-state index is 15.0. The molecule has 0 unspecified atom stereocenters. The number of carbonyl (C=O) groups is 2. The molecule has 10 heteroatoms. The summed E-state index contributed by atoms with van der Waals surface area (Å²) in [6, 6.07) is 2.74. The number of cyclic esters (lactones) is 1. The van der Waals surface area contributed by atoms with Crippen molar-refractivity contribution in [3.63, 3.8) is 0 Å². The summed E-state index contributed by atoms with van der Waals surface area (Å²) in [4.78, 5) is 44.0. The van der Waals surface area contributed by atoms with E-state index in [1.165, 1.54) is 6.07 Å². The zero-order valence-electron chi connectivity index (χ0n) is 22.7. The molecular weight excluding hydrogens is 515 g/mol. The fourth-order valence-corrected chi connectivity index (χ4v) is 6.57. The molecule has 0 radical (unpaired) electrons. The smallest absolute Gasteiger partial charge is 0.343 e. The third-order valence-electron chi connectivity index (χ3n) is 8.82. The number of nitrogens with one attached hydrogen (secondary N) is 1. The van der Waals surface area contributed by atoms with Gasteiger partial charge in [0, 0.05) is 29.0 Å². The van der Waals surface area contributed by atoms with E-state index in [-0.39, 0.29) is 54.0 Å². The van der Waals surface area contributed by atoms with Crippen LogP contribution in [0.4, 0.5) is 4.39 Å². The van der Waals surface area contributed by atoms with Crippen LogP contribution in [0.2, 0.25) is 0 Å². The van der Waals surface area contributed by atoms with Crippen LogP contribution in [0.25, 0.3) is 22.3 Å². The van der Waals surface area contributed by atoms with E-state index in [2.05, 4.69) is 5.32 Å². The number of esters is 1. The molecule has 4 N–H and O–H groups in total. The van der Waals surface area contributed by atoms with Crippen LogP contribution in [-0.2, 0) is 39.5 Å². The fourth-order valence-electron chi connectivity index (χ4n) is 6.57. The molecule has 210 valence electrons. The number of aliphatic hydroxyl groups is 1. The number of rotatable bonds is 7. The molecule has 3 aromatic rings. The fraction of sp³-hybridized carbons (Fsp3) is 0.467. The zero-order valence-corrected chi connectivity index (χ0v) is 22.7. The Bertz CT molecular complexity index is 1650. The molecule has 0 saturated carbocycles. The lowest BCUT2D eigenvalue weighted by Crippen LogP contribution is -2.44. The number of pyridine rings is 2. The number of ether oxygens (including phenoxy) is 1. The molecule has 3 aliphatic rings. The van der Waals surface area contributed by atoms with Gasteiger partial charge in [0.25, 0.3) is 5.56 Å². The van der Waals surface area contributed by atoms with E-state index >= 15 is 4.39 Å². The van der Waals surface area contributed by atoms with E-state index in [1.54, 1.807) is 24.5 Å². The molecule has 1 amide bonds. The third kappa shape index (κ3) is 3.88. The summed E-state index contributed by atoms with van der Waals surface area (Å²) in [5.41, 5.74) is 8.24. The minimum absolute atomic E-state index is 0.0399. The van der Waals surface area contributed by atoms with Crippen LogP contribution in [0.3, 0.4) is 0 Å². The van der Waals surface area contributed by atoms with Gasteiger partial charge < -0.3 is 25.5 Å². The van der Waals surface area contributed by atoms with Crippen molar-refractivity contribution < 1.29 is 23.8 Å². The number of hydrogen-bond acceptors (Lipinski definition) is 7. The Balaban J connectivity index is 1.52. The number of fused-ring (bicyclic) bond motifs is 5. The van der Waals surface area contributed by atoms with Crippen molar-refractivity contribution in [1.82, 2.24) is 14.9 Å². The van der Waals surface area contributed by atoms with Crippen molar-refractivity contribution in [3.05, 3.63) is 61.7 Å². The zero-order chi connectivity index (χ0) is 28.3. The standard InChI is InChI=1S/C30H33FN4O5/c1-3-30(39)19-11-23-27-17(13-35(23)28(37)18(19)14-40-29(30)38)26-21(33-24(36)7-5-4-6-10-32)9-8-16-15(2)20(31)12-22(34-27)25(16)26/h11-12,21,39H,3-10,13-14,32H2,1-2H3,(H,33,36)/t21-,30-/m0/s1. The van der Waals surface area contributed by atoms with Gasteiger partial charge in [-0.3, -0.25) is 9.59 Å². The van der Waals surface area contributed by atoms with Gasteiger partial charge in [0.2, 0.25) is 5.91 Å². The highest BCUT2D eigenvalue weighted by molar-refractivity contribution is 5.94. The summed E-state index contributed by atoms with van der Waals surface area (Å²) in [5, 5.41) is 15.2. The molecule has 40 heavy (non-hydrogen) atoms. The quantitative estimate of drug-likeness (QED) is 0.238. The van der Waals surface area contributed by atoms with Crippen LogP contribution in [0, 0.1) is 12.7 Å². The predicted molar refractivity (Wildman–Crippen MR) is 146 cm³/mol. The number of nitrogens with zero attached hydrogens (tertiary/aromatic N) is 2. The van der Waals surface area contributed by atoms with E-state index in [4.69, 9.17) is 15.5 Å². The number of hydrogen-bond donors (Lipinski definition) is 3. The summed E-state index contributed by atoms with van der Waals surface area (Å²) in [5.74, 6) is -1.20. The molecule has 0 spiro atoms. The second kappa shape index (κ2) is 9.78. The highest BCUT2D eigenvalue weighted by atomic mass is 19.1. The second-order valence-corrected chi connectivity index (χ2v) is 11.1. The van der Waals surface area contributed by atoms with Crippen LogP contribution < -0.4 is 16.6 Å². The minimum atomic E-state index is -1.94. The maximum atomic E-state index is 15.0. The Labute approximate surface area is 230 Å². The lowest BCUT2D eigenvalue weighted by atomic mass is 9.81. The van der Waals surface area contributed by atoms with Crippen LogP contribution in [0.5, 0.6) is 0 Å². The largest absolute Gasteiger partial charge is 0.458 e. The topological polar surface area (TPSA) is 137 Å². The normalized spacial score (nSPS) is 20.6. The van der Waals surface area contributed by atoms with Gasteiger partial charge >= 0.3 is 5.97 Å². The number of unbranched alkanes of at least 4 members (excludes halogenated alkanes) is 2. The van der Waals surface area contributed by atoms with Crippen molar-refractivity contribution in [3.8, 4) is 11.4 Å². The molecule has 2 aliphatic heterocycles. The average Bonchev–Trinajstić information content (AvgIpc) is 3.31. The van der Waals surface area contributed by atoms with Crippen molar-refractivity contribution >= 4 is 22.8 Å². The number of benzene rings is 1. The Morgan fingerprint density at radius 1 is 1.25 bits per heavy atom. The first-order chi connectivity index (χ1) is 19.2. The Hall–Kier alpha value is -3.63. The molecule has 1 aromatic carbocycles. The minimum Gasteiger partial charge on any atom is -0.458 e. The van der Waals surface area contributed by atoms with Gasteiger partial charge in [0.1, 0.15) is 12.4 Å². The number of nitrogens with two attached hydrogens (primary N) is 1. The van der Waals surface area contributed by atoms with Gasteiger partial charge in [-0.25, -0.2) is 14.2 Å². The summed E-state index contributed by atoms with van der Waals surface area (Å²) < 4.78 is 21.8. The van der Waals surface area contributed by atoms with E-state index < -0.39 is 11.6 Å². The second-order valence-electron chi connectivity index (χ2n) is 11.1. The molecule has 4 heterocycles. The van der Waals surface area contributed by atoms with E-state index in [0.29, 0.717) is 48.3 Å². The molecule has 2 atom stereocenters. The van der Waals surface area contributed by atoms with Crippen molar-refractivity contribution in [1.29, 1.82) is 0 Å². The summed E-state index contributed by atoms with van der Waals surface area (Å²) in [6.45, 7) is 4.00. The number of halogens is 1. The molecule has 1 aliphatic carbocycles. The van der Waals surface area contributed by atoms with Crippen LogP contribution >= 0.6 is 0 Å². The molecule has 6 rings (SSSR count). The number of aryl methyl sites for hydroxylation is 1. The maximum Gasteiger partial charge on any atom is 0.343 e. The van der Waals surface area contributed by atoms with Crippen LogP contribution in [0.1, 0.15) is 84.9 Å². The summed E-state index contributed by atoms with van der Waals surface area (Å²) >= 11 is 0. The molecule has 0 saturated heterocycles. The van der Waals surface area contributed by atoms with Gasteiger partial charge in [-0.2, -0.15) is 0 Å². The monoisotopic (exact) mass is 548 g/mol. The van der Waals surface area contributed by atoms with Crippen LogP contribution in [0.15, 0.2) is 16.9 Å².